The van der Waals surface area contributed by atoms with Crippen LogP contribution < -0.4 is 11.1 Å². The van der Waals surface area contributed by atoms with E-state index in [0.29, 0.717) is 12.2 Å². The second-order valence-corrected chi connectivity index (χ2v) is 3.09. The van der Waals surface area contributed by atoms with Gasteiger partial charge in [-0.1, -0.05) is 0 Å². The Balaban J connectivity index is 2.81. The van der Waals surface area contributed by atoms with Crippen LogP contribution in [0.1, 0.15) is 0 Å². The van der Waals surface area contributed by atoms with E-state index in [9.17, 15) is 0 Å². The van der Waals surface area contributed by atoms with Crippen LogP contribution in [0, 0.1) is 0 Å². The average Bonchev–Trinajstić information content (AvgIpc) is 2.04. The lowest BCUT2D eigenvalue weighted by molar-refractivity contribution is 0.311. The number of hydrogen-bond donors (Lipinski definition) is 3. The van der Waals surface area contributed by atoms with Crippen molar-refractivity contribution in [2.24, 2.45) is 0 Å². The Kier molecular flexibility index (Phi) is 3.31. The summed E-state index contributed by atoms with van der Waals surface area (Å²) < 4.78 is 0.802. The number of halogens is 1. The van der Waals surface area contributed by atoms with Gasteiger partial charge in [-0.25, -0.2) is 0 Å². The maximum Gasteiger partial charge on any atom is 0.0750 e. The lowest BCUT2D eigenvalue weighted by Gasteiger charge is -2.08. The van der Waals surface area contributed by atoms with Gasteiger partial charge in [0.15, 0.2) is 0 Å². The summed E-state index contributed by atoms with van der Waals surface area (Å²) in [5, 5.41) is 11.5. The van der Waals surface area contributed by atoms with Gasteiger partial charge in [0.1, 0.15) is 0 Å². The molecule has 1 rings (SSSR count). The number of rotatable bonds is 3. The number of nitrogens with one attached hydrogen (secondary N) is 1. The van der Waals surface area contributed by atoms with Crippen molar-refractivity contribution in [3.8, 4) is 0 Å². The van der Waals surface area contributed by atoms with E-state index in [2.05, 4.69) is 26.2 Å². The predicted octanol–water partition coefficient (Wildman–Crippen LogP) is 0.831. The highest BCUT2D eigenvalue weighted by Crippen LogP contribution is 2.26. The minimum Gasteiger partial charge on any atom is -0.396 e. The number of aromatic nitrogens is 1. The van der Waals surface area contributed by atoms with Gasteiger partial charge in [0.2, 0.25) is 0 Å². The van der Waals surface area contributed by atoms with Gasteiger partial charge in [0, 0.05) is 12.7 Å². The van der Waals surface area contributed by atoms with Crippen molar-refractivity contribution in [2.45, 2.75) is 0 Å². The van der Waals surface area contributed by atoms with Crippen molar-refractivity contribution in [1.82, 2.24) is 4.98 Å². The first kappa shape index (κ1) is 9.28. The van der Waals surface area contributed by atoms with Gasteiger partial charge in [0.25, 0.3) is 0 Å². The summed E-state index contributed by atoms with van der Waals surface area (Å²) in [6, 6.07) is 0. The zero-order chi connectivity index (χ0) is 8.97. The molecule has 0 radical (unpaired) electrons. The van der Waals surface area contributed by atoms with Crippen LogP contribution in [0.15, 0.2) is 16.9 Å². The monoisotopic (exact) mass is 231 g/mol. The molecule has 0 aliphatic rings. The van der Waals surface area contributed by atoms with Crippen molar-refractivity contribution >= 4 is 27.3 Å². The van der Waals surface area contributed by atoms with Gasteiger partial charge in [-0.05, 0) is 15.9 Å². The zero-order valence-electron chi connectivity index (χ0n) is 6.42. The molecule has 0 atom stereocenters. The molecule has 0 saturated carbocycles. The molecule has 5 heteroatoms. The van der Waals surface area contributed by atoms with Gasteiger partial charge < -0.3 is 16.2 Å². The van der Waals surface area contributed by atoms with Gasteiger partial charge >= 0.3 is 0 Å². The molecular weight excluding hydrogens is 222 g/mol. The van der Waals surface area contributed by atoms with Crippen LogP contribution >= 0.6 is 15.9 Å². The van der Waals surface area contributed by atoms with Crippen LogP contribution in [0.2, 0.25) is 0 Å². The van der Waals surface area contributed by atoms with Gasteiger partial charge in [-0.3, -0.25) is 4.98 Å². The molecule has 0 aromatic carbocycles. The fraction of sp³-hybridized carbons (Fsp3) is 0.286. The van der Waals surface area contributed by atoms with E-state index in [1.807, 2.05) is 0 Å². The number of aliphatic hydroxyl groups excluding tert-OH is 1. The smallest absolute Gasteiger partial charge is 0.0750 e. The third-order valence-electron chi connectivity index (χ3n) is 1.34. The quantitative estimate of drug-likeness (QED) is 0.721. The highest BCUT2D eigenvalue weighted by Gasteiger charge is 2.02. The molecule has 66 valence electrons. The van der Waals surface area contributed by atoms with Crippen LogP contribution in [0.4, 0.5) is 11.4 Å². The third kappa shape index (κ3) is 2.09. The molecule has 0 unspecified atom stereocenters. The Morgan fingerprint density at radius 3 is 2.92 bits per heavy atom. The van der Waals surface area contributed by atoms with Crippen LogP contribution in [-0.4, -0.2) is 23.2 Å². The molecule has 1 heterocycles. The number of hydrogen-bond acceptors (Lipinski definition) is 4. The number of nitrogens with two attached hydrogens (primary N) is 1. The maximum absolute atomic E-state index is 8.58. The first-order valence-electron chi connectivity index (χ1n) is 3.49. The summed E-state index contributed by atoms with van der Waals surface area (Å²) in [6.07, 6.45) is 3.21. The summed E-state index contributed by atoms with van der Waals surface area (Å²) in [4.78, 5) is 3.88. The molecule has 1 aromatic rings. The number of anilines is 2. The van der Waals surface area contributed by atoms with E-state index < -0.39 is 0 Å². The molecule has 0 fully saturated rings. The van der Waals surface area contributed by atoms with Crippen LogP contribution in [0.3, 0.4) is 0 Å². The number of aliphatic hydroxyl groups is 1. The van der Waals surface area contributed by atoms with Crippen molar-refractivity contribution in [1.29, 1.82) is 0 Å². The summed E-state index contributed by atoms with van der Waals surface area (Å²) >= 11 is 3.29. The van der Waals surface area contributed by atoms with E-state index in [1.54, 1.807) is 12.4 Å². The largest absolute Gasteiger partial charge is 0.396 e. The van der Waals surface area contributed by atoms with Crippen LogP contribution in [-0.2, 0) is 0 Å². The van der Waals surface area contributed by atoms with E-state index in [1.165, 1.54) is 0 Å². The Hall–Kier alpha value is -0.810. The minimum atomic E-state index is 0.0776. The summed E-state index contributed by atoms with van der Waals surface area (Å²) in [7, 11) is 0. The second-order valence-electron chi connectivity index (χ2n) is 2.24. The molecule has 0 aliphatic carbocycles. The van der Waals surface area contributed by atoms with E-state index in [-0.39, 0.29) is 6.61 Å². The molecule has 1 aromatic heterocycles. The Morgan fingerprint density at radius 2 is 2.33 bits per heavy atom. The Labute approximate surface area is 78.9 Å². The number of nitrogens with zero attached hydrogens (tertiary/aromatic N) is 1. The van der Waals surface area contributed by atoms with Crippen molar-refractivity contribution < 1.29 is 5.11 Å². The van der Waals surface area contributed by atoms with Crippen LogP contribution in [0.25, 0.3) is 0 Å². The first-order chi connectivity index (χ1) is 5.75. The minimum absolute atomic E-state index is 0.0776. The highest BCUT2D eigenvalue weighted by atomic mass is 79.9. The summed E-state index contributed by atoms with van der Waals surface area (Å²) in [6.45, 7) is 0.557. The molecule has 12 heavy (non-hydrogen) atoms. The van der Waals surface area contributed by atoms with Gasteiger partial charge in [0.05, 0.1) is 28.7 Å². The fourth-order valence-electron chi connectivity index (χ4n) is 0.817. The molecule has 0 amide bonds. The van der Waals surface area contributed by atoms with Crippen molar-refractivity contribution in [3.63, 3.8) is 0 Å². The topological polar surface area (TPSA) is 71.2 Å². The molecule has 0 spiro atoms. The Bertz CT molecular complexity index is 247. The highest BCUT2D eigenvalue weighted by molar-refractivity contribution is 9.10. The number of pyridine rings is 1. The van der Waals surface area contributed by atoms with E-state index in [4.69, 9.17) is 10.8 Å². The molecule has 0 saturated heterocycles. The zero-order valence-corrected chi connectivity index (χ0v) is 8.00. The average molecular weight is 232 g/mol. The SMILES string of the molecule is Nc1cncc(Br)c1NCCO. The standard InChI is InChI=1S/C7H10BrN3O/c8-5-3-10-4-6(9)7(5)11-1-2-12/h3-4,12H,1-2,9H2,(H,10,11). The molecule has 4 N–H and O–H groups in total. The third-order valence-corrected chi connectivity index (χ3v) is 1.94. The van der Waals surface area contributed by atoms with Crippen molar-refractivity contribution in [2.75, 3.05) is 24.2 Å². The second kappa shape index (κ2) is 4.27. The lowest BCUT2D eigenvalue weighted by atomic mass is 10.3. The van der Waals surface area contributed by atoms with E-state index >= 15 is 0 Å². The first-order valence-corrected chi connectivity index (χ1v) is 4.28. The number of nitrogen functional groups attached to an aromatic ring is 1. The molecule has 0 bridgehead atoms. The Morgan fingerprint density at radius 1 is 1.58 bits per heavy atom. The lowest BCUT2D eigenvalue weighted by Crippen LogP contribution is -2.08. The molecular formula is C7H10BrN3O. The maximum atomic E-state index is 8.58. The van der Waals surface area contributed by atoms with Gasteiger partial charge in [-0.2, -0.15) is 0 Å². The fourth-order valence-corrected chi connectivity index (χ4v) is 1.30. The predicted molar refractivity (Wildman–Crippen MR) is 51.9 cm³/mol. The van der Waals surface area contributed by atoms with Crippen LogP contribution in [0.5, 0.6) is 0 Å². The normalized spacial score (nSPS) is 9.83. The molecule has 0 aliphatic heterocycles. The summed E-state index contributed by atoms with van der Waals surface area (Å²) in [5.74, 6) is 0. The van der Waals surface area contributed by atoms with E-state index in [0.717, 1.165) is 10.2 Å². The summed E-state index contributed by atoms with van der Waals surface area (Å²) in [5.41, 5.74) is 6.97. The van der Waals surface area contributed by atoms with Gasteiger partial charge in [-0.15, -0.1) is 0 Å². The van der Waals surface area contributed by atoms with Crippen molar-refractivity contribution in [3.05, 3.63) is 16.9 Å². The molecule has 4 nitrogen and oxygen atoms in total.